The summed E-state index contributed by atoms with van der Waals surface area (Å²) in [6.45, 7) is 7.40. The molecule has 0 aromatic carbocycles. The third-order valence-electron chi connectivity index (χ3n) is 1.14. The van der Waals surface area contributed by atoms with E-state index in [0.717, 1.165) is 0 Å². The van der Waals surface area contributed by atoms with E-state index in [0.29, 0.717) is 0 Å². The molecule has 1 heteroatoms. The van der Waals surface area contributed by atoms with Crippen LogP contribution in [-0.4, -0.2) is 21.4 Å². The van der Waals surface area contributed by atoms with Crippen LogP contribution in [0.25, 0.3) is 0 Å². The molecule has 0 N–H and O–H groups in total. The predicted octanol–water partition coefficient (Wildman–Crippen LogP) is 2.48. The van der Waals surface area contributed by atoms with E-state index in [-0.39, 0.29) is 0 Å². The molecule has 0 radical (unpaired) electrons. The Balaban J connectivity index is 3.16. The second kappa shape index (κ2) is 5.49. The molecule has 0 atom stereocenters. The SMILES string of the molecule is C=C[CH2][In]([CH3])[CH2]C=C. The zero-order valence-corrected chi connectivity index (χ0v) is 8.86. The van der Waals surface area contributed by atoms with Crippen molar-refractivity contribution >= 4 is 21.4 Å². The van der Waals surface area contributed by atoms with Crippen LogP contribution in [0.1, 0.15) is 0 Å². The van der Waals surface area contributed by atoms with Crippen LogP contribution in [0.15, 0.2) is 25.3 Å². The Hall–Kier alpha value is 0.350. The molecule has 0 bridgehead atoms. The molecule has 0 aliphatic heterocycles. The molecule has 0 amide bonds. The zero-order valence-electron chi connectivity index (χ0n) is 5.56. The Labute approximate surface area is 59.8 Å². The van der Waals surface area contributed by atoms with E-state index in [9.17, 15) is 0 Å². The van der Waals surface area contributed by atoms with Crippen molar-refractivity contribution in [2.45, 2.75) is 13.0 Å². The van der Waals surface area contributed by atoms with E-state index in [1.807, 2.05) is 12.2 Å². The third-order valence-corrected chi connectivity index (χ3v) is 7.63. The van der Waals surface area contributed by atoms with Gasteiger partial charge < -0.3 is 0 Å². The van der Waals surface area contributed by atoms with Crippen molar-refractivity contribution in [3.05, 3.63) is 25.3 Å². The normalized spacial score (nSPS) is 8.12. The van der Waals surface area contributed by atoms with Gasteiger partial charge in [-0.2, -0.15) is 0 Å². The van der Waals surface area contributed by atoms with Gasteiger partial charge in [0.1, 0.15) is 0 Å². The topological polar surface area (TPSA) is 0 Å². The molecule has 0 nitrogen and oxygen atoms in total. The summed E-state index contributed by atoms with van der Waals surface area (Å²) >= 11 is -1.03. The summed E-state index contributed by atoms with van der Waals surface area (Å²) in [5, 5.41) is 0. The van der Waals surface area contributed by atoms with E-state index in [4.69, 9.17) is 0 Å². The van der Waals surface area contributed by atoms with Gasteiger partial charge in [0.25, 0.3) is 0 Å². The van der Waals surface area contributed by atoms with Crippen molar-refractivity contribution in [1.29, 1.82) is 0 Å². The molecule has 44 valence electrons. The molecule has 0 aliphatic carbocycles. The van der Waals surface area contributed by atoms with Gasteiger partial charge in [-0.25, -0.2) is 0 Å². The summed E-state index contributed by atoms with van der Waals surface area (Å²) in [5.74, 6) is 0. The van der Waals surface area contributed by atoms with E-state index in [2.05, 4.69) is 17.8 Å². The Morgan fingerprint density at radius 2 is 1.62 bits per heavy atom. The second-order valence-electron chi connectivity index (χ2n) is 2.15. The molecular formula is C7H13In. The van der Waals surface area contributed by atoms with Gasteiger partial charge in [-0.05, 0) is 0 Å². The summed E-state index contributed by atoms with van der Waals surface area (Å²) in [4.78, 5) is 0. The first-order valence-corrected chi connectivity index (χ1v) is 11.0. The monoisotopic (exact) mass is 212 g/mol. The first kappa shape index (κ1) is 8.35. The van der Waals surface area contributed by atoms with Gasteiger partial charge in [-0.15, -0.1) is 0 Å². The van der Waals surface area contributed by atoms with Crippen LogP contribution in [0.2, 0.25) is 13.0 Å². The van der Waals surface area contributed by atoms with Crippen molar-refractivity contribution in [1.82, 2.24) is 0 Å². The van der Waals surface area contributed by atoms with Gasteiger partial charge in [0.15, 0.2) is 0 Å². The predicted molar refractivity (Wildman–Crippen MR) is 41.6 cm³/mol. The summed E-state index contributed by atoms with van der Waals surface area (Å²) in [7, 11) is 0. The summed E-state index contributed by atoms with van der Waals surface area (Å²) in [6.07, 6.45) is 4.09. The number of rotatable bonds is 4. The molecule has 0 unspecified atom stereocenters. The number of hydrogen-bond acceptors (Lipinski definition) is 0. The molecule has 0 aromatic rings. The summed E-state index contributed by atoms with van der Waals surface area (Å²) < 4.78 is 5.03. The van der Waals surface area contributed by atoms with Gasteiger partial charge in [-0.1, -0.05) is 0 Å². The van der Waals surface area contributed by atoms with E-state index >= 15 is 0 Å². The molecule has 0 saturated carbocycles. The number of allylic oxidation sites excluding steroid dienone is 2. The van der Waals surface area contributed by atoms with Crippen LogP contribution in [-0.2, 0) is 0 Å². The van der Waals surface area contributed by atoms with Gasteiger partial charge in [-0.3, -0.25) is 0 Å². The van der Waals surface area contributed by atoms with E-state index in [1.165, 1.54) is 8.35 Å². The Morgan fingerprint density at radius 3 is 1.88 bits per heavy atom. The van der Waals surface area contributed by atoms with E-state index in [1.54, 1.807) is 0 Å². The Morgan fingerprint density at radius 1 is 1.25 bits per heavy atom. The fourth-order valence-corrected chi connectivity index (χ4v) is 4.46. The molecule has 8 heavy (non-hydrogen) atoms. The fourth-order valence-electron chi connectivity index (χ4n) is 0.665. The van der Waals surface area contributed by atoms with Crippen molar-refractivity contribution in [2.24, 2.45) is 0 Å². The Kier molecular flexibility index (Phi) is 5.73. The van der Waals surface area contributed by atoms with Gasteiger partial charge in [0.2, 0.25) is 0 Å². The standard InChI is InChI=1S/2C3H5.CH3.In/c2*1-3-2;;/h2*3H,1-2H2;1H3;. The summed E-state index contributed by atoms with van der Waals surface area (Å²) in [5.41, 5.74) is 0. The Bertz CT molecular complexity index is 66.5. The minimum atomic E-state index is -1.03. The fraction of sp³-hybridized carbons (Fsp3) is 0.429. The van der Waals surface area contributed by atoms with Crippen molar-refractivity contribution < 1.29 is 0 Å². The molecular weight excluding hydrogens is 199 g/mol. The molecule has 0 rings (SSSR count). The second-order valence-corrected chi connectivity index (χ2v) is 11.2. The average molecular weight is 212 g/mol. The zero-order chi connectivity index (χ0) is 6.41. The number of hydrogen-bond donors (Lipinski definition) is 0. The van der Waals surface area contributed by atoms with Crippen LogP contribution in [0, 0.1) is 0 Å². The van der Waals surface area contributed by atoms with Crippen LogP contribution < -0.4 is 0 Å². The van der Waals surface area contributed by atoms with Crippen LogP contribution in [0.4, 0.5) is 0 Å². The minimum absolute atomic E-state index is 1.03. The molecule has 0 fully saturated rings. The van der Waals surface area contributed by atoms with Crippen molar-refractivity contribution in [2.75, 3.05) is 0 Å². The van der Waals surface area contributed by atoms with Crippen LogP contribution in [0.3, 0.4) is 0 Å². The van der Waals surface area contributed by atoms with Crippen molar-refractivity contribution in [3.8, 4) is 0 Å². The summed E-state index contributed by atoms with van der Waals surface area (Å²) in [6, 6.07) is 0. The molecule has 0 aliphatic rings. The van der Waals surface area contributed by atoms with E-state index < -0.39 is 21.4 Å². The maximum atomic E-state index is 3.70. The van der Waals surface area contributed by atoms with Gasteiger partial charge >= 0.3 is 59.8 Å². The first-order valence-electron chi connectivity index (χ1n) is 3.03. The first-order chi connectivity index (χ1) is 3.81. The van der Waals surface area contributed by atoms with Gasteiger partial charge in [0, 0.05) is 0 Å². The average Bonchev–Trinajstić information content (AvgIpc) is 1.68. The molecule has 0 spiro atoms. The molecule has 0 aromatic heterocycles. The van der Waals surface area contributed by atoms with Crippen molar-refractivity contribution in [3.63, 3.8) is 0 Å². The maximum absolute atomic E-state index is 3.70. The molecule has 0 saturated heterocycles. The quantitative estimate of drug-likeness (QED) is 0.628. The third kappa shape index (κ3) is 4.51. The van der Waals surface area contributed by atoms with Gasteiger partial charge in [0.05, 0.1) is 0 Å². The van der Waals surface area contributed by atoms with Crippen LogP contribution >= 0.6 is 0 Å². The molecule has 0 heterocycles. The van der Waals surface area contributed by atoms with Crippen LogP contribution in [0.5, 0.6) is 0 Å².